The van der Waals surface area contributed by atoms with Gasteiger partial charge in [0.05, 0.1) is 12.8 Å². The first kappa shape index (κ1) is 23.4. The van der Waals surface area contributed by atoms with Gasteiger partial charge >= 0.3 is 0 Å². The number of aromatic nitrogens is 2. The van der Waals surface area contributed by atoms with E-state index in [-0.39, 0.29) is 5.91 Å². The first-order valence-corrected chi connectivity index (χ1v) is 13.0. The van der Waals surface area contributed by atoms with Crippen molar-refractivity contribution < 1.29 is 9.53 Å². The van der Waals surface area contributed by atoms with Crippen LogP contribution in [-0.4, -0.2) is 22.0 Å². The zero-order chi connectivity index (χ0) is 25.5. The second-order valence-electron chi connectivity index (χ2n) is 9.58. The standard InChI is InChI=1S/C31H28ClN3O2/c1-20-6-5-7-24(18-20)33-30(36)29-28(22-9-13-23(32)14-10-22)26-8-3-4-17-34-27(19-35(29)31(26)34)21-11-15-25(37-2)16-12-21/h5-7,9-16,18-19H,3-4,8,17H2,1-2H3,(H,33,36). The molecule has 3 aromatic carbocycles. The fourth-order valence-corrected chi connectivity index (χ4v) is 5.57. The largest absolute Gasteiger partial charge is 0.497 e. The van der Waals surface area contributed by atoms with Gasteiger partial charge in [-0.25, -0.2) is 0 Å². The maximum Gasteiger partial charge on any atom is 0.273 e. The monoisotopic (exact) mass is 509 g/mol. The number of hydrogen-bond acceptors (Lipinski definition) is 2. The minimum absolute atomic E-state index is 0.129. The van der Waals surface area contributed by atoms with E-state index in [0.29, 0.717) is 10.7 Å². The molecule has 0 fully saturated rings. The number of carbonyl (C=O) groups is 1. The minimum Gasteiger partial charge on any atom is -0.497 e. The van der Waals surface area contributed by atoms with Crippen molar-refractivity contribution in [3.8, 4) is 28.1 Å². The summed E-state index contributed by atoms with van der Waals surface area (Å²) in [7, 11) is 1.67. The number of ether oxygens (including phenoxy) is 1. The van der Waals surface area contributed by atoms with Gasteiger partial charge in [0.15, 0.2) is 0 Å². The summed E-state index contributed by atoms with van der Waals surface area (Å²) in [4.78, 5) is 14.0. The van der Waals surface area contributed by atoms with Gasteiger partial charge in [0, 0.05) is 34.6 Å². The van der Waals surface area contributed by atoms with Crippen LogP contribution in [0, 0.1) is 6.92 Å². The van der Waals surface area contributed by atoms with Crippen molar-refractivity contribution in [3.63, 3.8) is 0 Å². The molecule has 0 bridgehead atoms. The second kappa shape index (κ2) is 9.49. The van der Waals surface area contributed by atoms with Gasteiger partial charge < -0.3 is 14.6 Å². The van der Waals surface area contributed by atoms with Crippen molar-refractivity contribution in [2.24, 2.45) is 0 Å². The smallest absolute Gasteiger partial charge is 0.273 e. The number of aryl methyl sites for hydroxylation is 3. The maximum atomic E-state index is 14.0. The first-order chi connectivity index (χ1) is 18.0. The summed E-state index contributed by atoms with van der Waals surface area (Å²) >= 11 is 6.23. The van der Waals surface area contributed by atoms with Crippen molar-refractivity contribution in [1.82, 2.24) is 8.97 Å². The summed E-state index contributed by atoms with van der Waals surface area (Å²) in [6.07, 6.45) is 5.15. The molecule has 0 saturated carbocycles. The average Bonchev–Trinajstić information content (AvgIpc) is 3.32. The molecular formula is C31H28ClN3O2. The molecule has 3 heterocycles. The molecule has 0 unspecified atom stereocenters. The Hall–Kier alpha value is -3.96. The summed E-state index contributed by atoms with van der Waals surface area (Å²) in [6.45, 7) is 2.92. The molecule has 5 aromatic rings. The number of hydrogen-bond donors (Lipinski definition) is 1. The molecule has 1 aliphatic rings. The molecule has 0 aliphatic carbocycles. The zero-order valence-electron chi connectivity index (χ0n) is 20.9. The third kappa shape index (κ3) is 4.19. The Labute approximate surface area is 221 Å². The predicted octanol–water partition coefficient (Wildman–Crippen LogP) is 7.63. The lowest BCUT2D eigenvalue weighted by Gasteiger charge is -2.11. The van der Waals surface area contributed by atoms with Gasteiger partial charge in [-0.3, -0.25) is 9.20 Å². The van der Waals surface area contributed by atoms with Crippen LogP contribution in [0.3, 0.4) is 0 Å². The Morgan fingerprint density at radius 3 is 2.46 bits per heavy atom. The van der Waals surface area contributed by atoms with E-state index in [1.54, 1.807) is 7.11 Å². The lowest BCUT2D eigenvalue weighted by atomic mass is 9.97. The molecule has 0 saturated heterocycles. The second-order valence-corrected chi connectivity index (χ2v) is 10.0. The van der Waals surface area contributed by atoms with E-state index in [0.717, 1.165) is 70.8 Å². The third-order valence-corrected chi connectivity index (χ3v) is 7.40. The normalized spacial score (nSPS) is 12.9. The topological polar surface area (TPSA) is 47.7 Å². The molecule has 0 spiro atoms. The van der Waals surface area contributed by atoms with E-state index in [1.165, 1.54) is 5.56 Å². The maximum absolute atomic E-state index is 14.0. The Kier molecular flexibility index (Phi) is 6.01. The Bertz CT molecular complexity index is 1610. The van der Waals surface area contributed by atoms with Crippen LogP contribution in [0.4, 0.5) is 5.69 Å². The van der Waals surface area contributed by atoms with Crippen LogP contribution in [0.1, 0.15) is 34.5 Å². The van der Waals surface area contributed by atoms with Crippen LogP contribution in [0.15, 0.2) is 79.0 Å². The lowest BCUT2D eigenvalue weighted by Crippen LogP contribution is -2.15. The number of rotatable bonds is 5. The van der Waals surface area contributed by atoms with Crippen molar-refractivity contribution >= 4 is 28.8 Å². The van der Waals surface area contributed by atoms with E-state index in [1.807, 2.05) is 67.6 Å². The van der Waals surface area contributed by atoms with E-state index >= 15 is 0 Å². The predicted molar refractivity (Wildman–Crippen MR) is 150 cm³/mol. The van der Waals surface area contributed by atoms with E-state index in [2.05, 4.69) is 32.6 Å². The highest BCUT2D eigenvalue weighted by atomic mass is 35.5. The van der Waals surface area contributed by atoms with Gasteiger partial charge in [-0.1, -0.05) is 35.9 Å². The van der Waals surface area contributed by atoms with Gasteiger partial charge in [-0.2, -0.15) is 0 Å². The summed E-state index contributed by atoms with van der Waals surface area (Å²) in [6, 6.07) is 23.8. The highest BCUT2D eigenvalue weighted by Gasteiger charge is 2.29. The first-order valence-electron chi connectivity index (χ1n) is 12.6. The average molecular weight is 510 g/mol. The summed E-state index contributed by atoms with van der Waals surface area (Å²) in [5, 5.41) is 3.83. The number of imidazole rings is 1. The molecule has 1 N–H and O–H groups in total. The van der Waals surface area contributed by atoms with E-state index < -0.39 is 0 Å². The lowest BCUT2D eigenvalue weighted by molar-refractivity contribution is 0.102. The molecule has 37 heavy (non-hydrogen) atoms. The molecule has 0 atom stereocenters. The Morgan fingerprint density at radius 1 is 0.973 bits per heavy atom. The number of nitrogens with zero attached hydrogens (tertiary/aromatic N) is 2. The van der Waals surface area contributed by atoms with Crippen LogP contribution < -0.4 is 10.1 Å². The van der Waals surface area contributed by atoms with Gasteiger partial charge in [0.25, 0.3) is 5.91 Å². The number of methoxy groups -OCH3 is 1. The molecule has 2 aromatic heterocycles. The molecule has 186 valence electrons. The molecule has 1 amide bonds. The third-order valence-electron chi connectivity index (χ3n) is 7.14. The van der Waals surface area contributed by atoms with Gasteiger partial charge in [-0.05, 0) is 91.4 Å². The van der Waals surface area contributed by atoms with Crippen LogP contribution in [-0.2, 0) is 13.0 Å². The zero-order valence-corrected chi connectivity index (χ0v) is 21.7. The fourth-order valence-electron chi connectivity index (χ4n) is 5.44. The van der Waals surface area contributed by atoms with Gasteiger partial charge in [0.1, 0.15) is 17.1 Å². The number of benzene rings is 3. The Balaban J connectivity index is 1.59. The number of anilines is 1. The van der Waals surface area contributed by atoms with Gasteiger partial charge in [0.2, 0.25) is 0 Å². The Morgan fingerprint density at radius 2 is 1.73 bits per heavy atom. The van der Waals surface area contributed by atoms with Crippen LogP contribution in [0.25, 0.3) is 28.0 Å². The minimum atomic E-state index is -0.129. The quantitative estimate of drug-likeness (QED) is 0.264. The molecule has 5 nitrogen and oxygen atoms in total. The molecular weight excluding hydrogens is 482 g/mol. The molecule has 0 radical (unpaired) electrons. The van der Waals surface area contributed by atoms with E-state index in [4.69, 9.17) is 16.3 Å². The van der Waals surface area contributed by atoms with Crippen LogP contribution in [0.2, 0.25) is 5.02 Å². The molecule has 6 rings (SSSR count). The molecule has 6 heteroatoms. The number of nitrogens with one attached hydrogen (secondary N) is 1. The van der Waals surface area contributed by atoms with Crippen molar-refractivity contribution in [2.45, 2.75) is 32.7 Å². The summed E-state index contributed by atoms with van der Waals surface area (Å²) in [5.74, 6) is 0.692. The van der Waals surface area contributed by atoms with E-state index in [9.17, 15) is 4.79 Å². The highest BCUT2D eigenvalue weighted by molar-refractivity contribution is 6.30. The summed E-state index contributed by atoms with van der Waals surface area (Å²) in [5.41, 5.74) is 8.97. The molecule has 1 aliphatic heterocycles. The van der Waals surface area contributed by atoms with Crippen molar-refractivity contribution in [2.75, 3.05) is 12.4 Å². The van der Waals surface area contributed by atoms with Crippen LogP contribution >= 0.6 is 11.6 Å². The van der Waals surface area contributed by atoms with Crippen molar-refractivity contribution in [3.05, 3.63) is 101 Å². The van der Waals surface area contributed by atoms with Crippen molar-refractivity contribution in [1.29, 1.82) is 0 Å². The van der Waals surface area contributed by atoms with Crippen LogP contribution in [0.5, 0.6) is 5.75 Å². The number of amides is 1. The SMILES string of the molecule is COc1ccc(-c2cn3c(C(=O)Nc4cccc(C)c4)c(-c4ccc(Cl)cc4)c4c3n2CCCC4)cc1. The highest BCUT2D eigenvalue weighted by Crippen LogP contribution is 2.40. The fraction of sp³-hybridized carbons (Fsp3) is 0.194. The number of halogens is 1. The van der Waals surface area contributed by atoms with Gasteiger partial charge in [-0.15, -0.1) is 0 Å². The number of carbonyl (C=O) groups excluding carboxylic acids is 1. The summed E-state index contributed by atoms with van der Waals surface area (Å²) < 4.78 is 9.83.